The Bertz CT molecular complexity index is 627. The molecule has 0 atom stereocenters. The minimum atomic E-state index is -0.00183. The highest BCUT2D eigenvalue weighted by molar-refractivity contribution is 5.93. The van der Waals surface area contributed by atoms with E-state index in [1.807, 2.05) is 6.07 Å². The van der Waals surface area contributed by atoms with Crippen LogP contribution in [0.1, 0.15) is 29.4 Å². The molecule has 2 aromatic rings. The Morgan fingerprint density at radius 2 is 2.16 bits per heavy atom. The van der Waals surface area contributed by atoms with Crippen molar-refractivity contribution in [1.29, 1.82) is 5.26 Å². The molecule has 1 aromatic carbocycles. The molecule has 0 saturated carbocycles. The van der Waals surface area contributed by atoms with Crippen LogP contribution < -0.4 is 4.74 Å². The van der Waals surface area contributed by atoms with Crippen molar-refractivity contribution in [3.05, 3.63) is 53.9 Å². The van der Waals surface area contributed by atoms with Gasteiger partial charge in [0, 0.05) is 6.42 Å². The van der Waals surface area contributed by atoms with Gasteiger partial charge in [-0.15, -0.1) is 0 Å². The number of Topliss-reactive ketones (excluding diaryl/α,β-unsaturated/α-hetero) is 1. The second kappa shape index (κ2) is 5.78. The highest BCUT2D eigenvalue weighted by Crippen LogP contribution is 2.21. The maximum atomic E-state index is 11.4. The molecule has 0 aliphatic heterocycles. The van der Waals surface area contributed by atoms with E-state index >= 15 is 0 Å². The Hall–Kier alpha value is -2.67. The van der Waals surface area contributed by atoms with Crippen LogP contribution in [-0.2, 0) is 0 Å². The Morgan fingerprint density at radius 1 is 1.32 bits per heavy atom. The fraction of sp³-hybridized carbons (Fsp3) is 0.133. The molecule has 0 amide bonds. The molecule has 0 bridgehead atoms. The molecule has 1 aromatic heterocycles. The van der Waals surface area contributed by atoms with Gasteiger partial charge in [0.2, 0.25) is 0 Å². The van der Waals surface area contributed by atoms with E-state index in [9.17, 15) is 4.79 Å². The smallest absolute Gasteiger partial charge is 0.180 e. The van der Waals surface area contributed by atoms with E-state index in [0.29, 0.717) is 29.2 Å². The lowest BCUT2D eigenvalue weighted by Crippen LogP contribution is -1.99. The van der Waals surface area contributed by atoms with Gasteiger partial charge in [0.15, 0.2) is 5.78 Å². The van der Waals surface area contributed by atoms with Gasteiger partial charge < -0.3 is 4.74 Å². The predicted molar refractivity (Wildman–Crippen MR) is 70.1 cm³/mol. The summed E-state index contributed by atoms with van der Waals surface area (Å²) in [5, 5.41) is 8.80. The first kappa shape index (κ1) is 12.8. The number of carbonyl (C=O) groups excluding carboxylic acids is 1. The summed E-state index contributed by atoms with van der Waals surface area (Å²) in [7, 11) is 0. The van der Waals surface area contributed by atoms with Crippen LogP contribution in [-0.4, -0.2) is 10.8 Å². The number of hydrogen-bond donors (Lipinski definition) is 0. The summed E-state index contributed by atoms with van der Waals surface area (Å²) in [6, 6.07) is 12.2. The van der Waals surface area contributed by atoms with Gasteiger partial charge in [-0.05, 0) is 30.3 Å². The zero-order valence-electron chi connectivity index (χ0n) is 10.5. The van der Waals surface area contributed by atoms with E-state index in [1.165, 1.54) is 6.20 Å². The minimum absolute atomic E-state index is 0.00183. The largest absolute Gasteiger partial charge is 0.456 e. The standard InChI is InChI=1S/C15H12N2O2/c1-2-15(18)14-7-6-13(10-17-14)19-12-5-3-4-11(8-12)9-16/h3-8,10H,2H2,1H3. The molecule has 1 heterocycles. The highest BCUT2D eigenvalue weighted by Gasteiger charge is 2.05. The third-order valence-electron chi connectivity index (χ3n) is 2.54. The number of nitrogens with zero attached hydrogens (tertiary/aromatic N) is 2. The van der Waals surface area contributed by atoms with Gasteiger partial charge in [-0.1, -0.05) is 13.0 Å². The number of pyridine rings is 1. The molecule has 0 aliphatic rings. The fourth-order valence-corrected chi connectivity index (χ4v) is 1.55. The van der Waals surface area contributed by atoms with Crippen molar-refractivity contribution in [1.82, 2.24) is 4.98 Å². The van der Waals surface area contributed by atoms with Crippen molar-refractivity contribution >= 4 is 5.78 Å². The Kier molecular flexibility index (Phi) is 3.89. The minimum Gasteiger partial charge on any atom is -0.456 e. The number of ether oxygens (including phenoxy) is 1. The fourth-order valence-electron chi connectivity index (χ4n) is 1.55. The Balaban J connectivity index is 2.15. The second-order valence-electron chi connectivity index (χ2n) is 3.90. The third-order valence-corrected chi connectivity index (χ3v) is 2.54. The molecule has 4 heteroatoms. The van der Waals surface area contributed by atoms with Crippen LogP contribution in [0.5, 0.6) is 11.5 Å². The quantitative estimate of drug-likeness (QED) is 0.783. The Labute approximate surface area is 111 Å². The molecule has 94 valence electrons. The average molecular weight is 252 g/mol. The zero-order valence-corrected chi connectivity index (χ0v) is 10.5. The lowest BCUT2D eigenvalue weighted by atomic mass is 10.2. The van der Waals surface area contributed by atoms with Gasteiger partial charge in [-0.2, -0.15) is 5.26 Å². The zero-order chi connectivity index (χ0) is 13.7. The lowest BCUT2D eigenvalue weighted by Gasteiger charge is -2.05. The number of ketones is 1. The van der Waals surface area contributed by atoms with E-state index in [-0.39, 0.29) is 5.78 Å². The first-order chi connectivity index (χ1) is 9.22. The lowest BCUT2D eigenvalue weighted by molar-refractivity contribution is 0.0983. The molecular formula is C15H12N2O2. The van der Waals surface area contributed by atoms with Crippen molar-refractivity contribution in [3.8, 4) is 17.6 Å². The molecule has 0 saturated heterocycles. The predicted octanol–water partition coefficient (Wildman–Crippen LogP) is 3.34. The van der Waals surface area contributed by atoms with Crippen molar-refractivity contribution in [2.75, 3.05) is 0 Å². The van der Waals surface area contributed by atoms with Crippen molar-refractivity contribution in [3.63, 3.8) is 0 Å². The molecule has 0 radical (unpaired) electrons. The number of carbonyl (C=O) groups is 1. The first-order valence-corrected chi connectivity index (χ1v) is 5.90. The molecule has 0 fully saturated rings. The molecule has 2 rings (SSSR count). The summed E-state index contributed by atoms with van der Waals surface area (Å²) in [5.74, 6) is 1.09. The molecular weight excluding hydrogens is 240 g/mol. The van der Waals surface area contributed by atoms with Crippen LogP contribution in [0.25, 0.3) is 0 Å². The molecule has 0 N–H and O–H groups in total. The van der Waals surface area contributed by atoms with E-state index in [0.717, 1.165) is 0 Å². The summed E-state index contributed by atoms with van der Waals surface area (Å²) in [6.07, 6.45) is 1.93. The third kappa shape index (κ3) is 3.17. The van der Waals surface area contributed by atoms with E-state index in [4.69, 9.17) is 10.00 Å². The summed E-state index contributed by atoms with van der Waals surface area (Å²) in [4.78, 5) is 15.5. The van der Waals surface area contributed by atoms with Gasteiger partial charge >= 0.3 is 0 Å². The van der Waals surface area contributed by atoms with Crippen LogP contribution in [0.15, 0.2) is 42.6 Å². The summed E-state index contributed by atoms with van der Waals surface area (Å²) >= 11 is 0. The SMILES string of the molecule is CCC(=O)c1ccc(Oc2cccc(C#N)c2)cn1. The number of nitriles is 1. The number of hydrogen-bond acceptors (Lipinski definition) is 4. The van der Waals surface area contributed by atoms with Crippen LogP contribution in [0, 0.1) is 11.3 Å². The molecule has 4 nitrogen and oxygen atoms in total. The maximum absolute atomic E-state index is 11.4. The van der Waals surface area contributed by atoms with Gasteiger partial charge in [0.25, 0.3) is 0 Å². The first-order valence-electron chi connectivity index (χ1n) is 5.90. The van der Waals surface area contributed by atoms with Gasteiger partial charge in [0.05, 0.1) is 17.8 Å². The van der Waals surface area contributed by atoms with Crippen molar-refractivity contribution in [2.45, 2.75) is 13.3 Å². The van der Waals surface area contributed by atoms with Crippen molar-refractivity contribution in [2.24, 2.45) is 0 Å². The van der Waals surface area contributed by atoms with E-state index < -0.39 is 0 Å². The second-order valence-corrected chi connectivity index (χ2v) is 3.90. The molecule has 0 aliphatic carbocycles. The van der Waals surface area contributed by atoms with Crippen LogP contribution in [0.2, 0.25) is 0 Å². The van der Waals surface area contributed by atoms with Crippen LogP contribution >= 0.6 is 0 Å². The summed E-state index contributed by atoms with van der Waals surface area (Å²) in [5.41, 5.74) is 0.962. The maximum Gasteiger partial charge on any atom is 0.180 e. The van der Waals surface area contributed by atoms with Gasteiger partial charge in [-0.25, -0.2) is 4.98 Å². The normalized spacial score (nSPS) is 9.68. The monoisotopic (exact) mass is 252 g/mol. The van der Waals surface area contributed by atoms with Crippen LogP contribution in [0.3, 0.4) is 0 Å². The van der Waals surface area contributed by atoms with Crippen LogP contribution in [0.4, 0.5) is 0 Å². The van der Waals surface area contributed by atoms with E-state index in [1.54, 1.807) is 43.3 Å². The molecule has 19 heavy (non-hydrogen) atoms. The van der Waals surface area contributed by atoms with Crippen molar-refractivity contribution < 1.29 is 9.53 Å². The van der Waals surface area contributed by atoms with E-state index in [2.05, 4.69) is 4.98 Å². The van der Waals surface area contributed by atoms with Gasteiger partial charge in [-0.3, -0.25) is 4.79 Å². The summed E-state index contributed by atoms with van der Waals surface area (Å²) in [6.45, 7) is 1.79. The average Bonchev–Trinajstić information content (AvgIpc) is 2.47. The molecule has 0 spiro atoms. The Morgan fingerprint density at radius 3 is 2.79 bits per heavy atom. The van der Waals surface area contributed by atoms with Gasteiger partial charge in [0.1, 0.15) is 17.2 Å². The molecule has 0 unspecified atom stereocenters. The summed E-state index contributed by atoms with van der Waals surface area (Å²) < 4.78 is 5.56. The highest BCUT2D eigenvalue weighted by atomic mass is 16.5. The number of rotatable bonds is 4. The topological polar surface area (TPSA) is 63.0 Å². The number of aromatic nitrogens is 1. The number of benzene rings is 1.